The highest BCUT2D eigenvalue weighted by Crippen LogP contribution is 2.28. The number of aromatic nitrogens is 1. The monoisotopic (exact) mass is 442 g/mol. The normalized spacial score (nSPS) is 11.7. The number of aryl methyl sites for hydroxylation is 3. The van der Waals surface area contributed by atoms with Crippen LogP contribution in [0.1, 0.15) is 17.0 Å². The average molecular weight is 443 g/mol. The van der Waals surface area contributed by atoms with E-state index in [-0.39, 0.29) is 5.63 Å². The summed E-state index contributed by atoms with van der Waals surface area (Å²) in [7, 11) is -4.49. The molecule has 0 amide bonds. The van der Waals surface area contributed by atoms with Crippen molar-refractivity contribution >= 4 is 43.2 Å². The summed E-state index contributed by atoms with van der Waals surface area (Å²) in [5.41, 5.74) is 2.04. The summed E-state index contributed by atoms with van der Waals surface area (Å²) >= 11 is 1.41. The predicted molar refractivity (Wildman–Crippen MR) is 117 cm³/mol. The molecule has 0 radical (unpaired) electrons. The van der Waals surface area contributed by atoms with E-state index in [0.717, 1.165) is 15.4 Å². The molecular formula is C21H18N2O5S2. The van der Waals surface area contributed by atoms with Crippen molar-refractivity contribution in [3.63, 3.8) is 0 Å². The Morgan fingerprint density at radius 1 is 1.03 bits per heavy atom. The van der Waals surface area contributed by atoms with Crippen LogP contribution in [0.25, 0.3) is 10.2 Å². The number of hydrogen-bond acceptors (Lipinski definition) is 6. The molecule has 0 unspecified atom stereocenters. The van der Waals surface area contributed by atoms with E-state index in [2.05, 4.69) is 4.98 Å². The highest BCUT2D eigenvalue weighted by atomic mass is 32.2. The van der Waals surface area contributed by atoms with Gasteiger partial charge < -0.3 is 4.42 Å². The van der Waals surface area contributed by atoms with Crippen LogP contribution in [0.15, 0.2) is 69.2 Å². The van der Waals surface area contributed by atoms with Gasteiger partial charge in [0.1, 0.15) is 4.83 Å². The van der Waals surface area contributed by atoms with Gasteiger partial charge in [-0.1, -0.05) is 30.3 Å². The SMILES string of the molecule is Cc1csc2nc(CCc3ccc(N(c4ccccc4)S(=O)(=O)O)cc3)oc(=O)c12. The number of anilines is 2. The fraction of sp³-hybridized carbons (Fsp3) is 0.143. The smallest absolute Gasteiger partial charge is 0.364 e. The lowest BCUT2D eigenvalue weighted by Crippen LogP contribution is -2.25. The Morgan fingerprint density at radius 3 is 2.37 bits per heavy atom. The van der Waals surface area contributed by atoms with Gasteiger partial charge in [0.25, 0.3) is 0 Å². The molecule has 0 spiro atoms. The molecule has 2 heterocycles. The lowest BCUT2D eigenvalue weighted by Gasteiger charge is -2.21. The predicted octanol–water partition coefficient (Wildman–Crippen LogP) is 4.28. The Morgan fingerprint density at radius 2 is 1.70 bits per heavy atom. The molecule has 0 aliphatic rings. The van der Waals surface area contributed by atoms with Gasteiger partial charge in [-0.05, 0) is 54.1 Å². The van der Waals surface area contributed by atoms with E-state index >= 15 is 0 Å². The van der Waals surface area contributed by atoms with Gasteiger partial charge >= 0.3 is 15.9 Å². The number of para-hydroxylation sites is 1. The van der Waals surface area contributed by atoms with Gasteiger partial charge in [-0.2, -0.15) is 8.42 Å². The lowest BCUT2D eigenvalue weighted by atomic mass is 10.1. The van der Waals surface area contributed by atoms with Gasteiger partial charge in [0, 0.05) is 6.42 Å². The summed E-state index contributed by atoms with van der Waals surface area (Å²) < 4.78 is 39.7. The summed E-state index contributed by atoms with van der Waals surface area (Å²) in [5, 5.41) is 2.41. The van der Waals surface area contributed by atoms with Crippen LogP contribution < -0.4 is 9.93 Å². The second kappa shape index (κ2) is 8.02. The Labute approximate surface area is 177 Å². The van der Waals surface area contributed by atoms with Gasteiger partial charge in [-0.15, -0.1) is 11.3 Å². The molecule has 0 fully saturated rings. The van der Waals surface area contributed by atoms with Crippen molar-refractivity contribution in [2.75, 3.05) is 4.31 Å². The first-order valence-electron chi connectivity index (χ1n) is 9.12. The molecule has 0 saturated carbocycles. The maximum atomic E-state index is 12.2. The van der Waals surface area contributed by atoms with Crippen molar-refractivity contribution in [3.8, 4) is 0 Å². The summed E-state index contributed by atoms with van der Waals surface area (Å²) in [5.74, 6) is 0.363. The zero-order valence-electron chi connectivity index (χ0n) is 16.0. The van der Waals surface area contributed by atoms with Gasteiger partial charge in [0.2, 0.25) is 0 Å². The molecule has 30 heavy (non-hydrogen) atoms. The number of fused-ring (bicyclic) bond motifs is 1. The first-order valence-corrected chi connectivity index (χ1v) is 11.4. The van der Waals surface area contributed by atoms with Crippen molar-refractivity contribution in [2.24, 2.45) is 0 Å². The molecule has 0 aliphatic carbocycles. The van der Waals surface area contributed by atoms with Crippen molar-refractivity contribution in [2.45, 2.75) is 19.8 Å². The second-order valence-electron chi connectivity index (χ2n) is 6.74. The van der Waals surface area contributed by atoms with E-state index in [9.17, 15) is 17.8 Å². The molecule has 0 bridgehead atoms. The van der Waals surface area contributed by atoms with Crippen LogP contribution in [0.3, 0.4) is 0 Å². The minimum absolute atomic E-state index is 0.313. The second-order valence-corrected chi connectivity index (χ2v) is 8.86. The lowest BCUT2D eigenvalue weighted by molar-refractivity contribution is 0.444. The number of rotatable bonds is 6. The van der Waals surface area contributed by atoms with Crippen molar-refractivity contribution in [3.05, 3.63) is 87.4 Å². The van der Waals surface area contributed by atoms with Crippen LogP contribution in [0, 0.1) is 6.92 Å². The van der Waals surface area contributed by atoms with Gasteiger partial charge in [-0.25, -0.2) is 14.1 Å². The van der Waals surface area contributed by atoms with Gasteiger partial charge in [0.15, 0.2) is 5.89 Å². The molecule has 1 N–H and O–H groups in total. The molecular weight excluding hydrogens is 424 g/mol. The number of hydrogen-bond donors (Lipinski definition) is 1. The molecule has 0 aliphatic heterocycles. The first kappa shape index (κ1) is 20.3. The largest absolute Gasteiger partial charge is 0.408 e. The molecule has 2 aromatic heterocycles. The first-order chi connectivity index (χ1) is 14.3. The third-order valence-corrected chi connectivity index (χ3v) is 6.49. The van der Waals surface area contributed by atoms with Crippen molar-refractivity contribution < 1.29 is 17.4 Å². The quantitative estimate of drug-likeness (QED) is 0.447. The summed E-state index contributed by atoms with van der Waals surface area (Å²) in [6, 6.07) is 15.1. The van der Waals surface area contributed by atoms with Gasteiger partial charge in [0.05, 0.1) is 16.8 Å². The van der Waals surface area contributed by atoms with E-state index in [4.69, 9.17) is 4.42 Å². The maximum absolute atomic E-state index is 12.2. The Balaban J connectivity index is 1.54. The number of thiophene rings is 1. The van der Waals surface area contributed by atoms with Crippen LogP contribution in [0.2, 0.25) is 0 Å². The fourth-order valence-corrected chi connectivity index (χ4v) is 4.89. The zero-order valence-corrected chi connectivity index (χ0v) is 17.6. The highest BCUT2D eigenvalue weighted by molar-refractivity contribution is 7.87. The zero-order chi connectivity index (χ0) is 21.3. The van der Waals surface area contributed by atoms with Crippen LogP contribution in [-0.4, -0.2) is 18.0 Å². The van der Waals surface area contributed by atoms with E-state index in [0.29, 0.717) is 40.3 Å². The Bertz CT molecular complexity index is 1340. The molecule has 154 valence electrons. The standard InChI is InChI=1S/C21H18N2O5S2/c1-14-13-29-20-19(14)21(24)28-18(22-20)12-9-15-7-10-17(11-8-15)23(30(25,26)27)16-5-3-2-4-6-16/h2-8,10-11,13H,9,12H2,1H3,(H,25,26,27). The fourth-order valence-electron chi connectivity index (χ4n) is 3.19. The molecule has 2 aromatic carbocycles. The summed E-state index contributed by atoms with van der Waals surface area (Å²) in [4.78, 5) is 17.2. The third kappa shape index (κ3) is 4.13. The van der Waals surface area contributed by atoms with E-state index in [1.807, 2.05) is 12.3 Å². The molecule has 4 aromatic rings. The molecule has 7 nitrogen and oxygen atoms in total. The molecule has 0 saturated heterocycles. The van der Waals surface area contributed by atoms with Crippen LogP contribution >= 0.6 is 11.3 Å². The van der Waals surface area contributed by atoms with Crippen molar-refractivity contribution in [1.82, 2.24) is 4.98 Å². The van der Waals surface area contributed by atoms with E-state index < -0.39 is 10.3 Å². The minimum Gasteiger partial charge on any atom is -0.408 e. The number of benzene rings is 2. The van der Waals surface area contributed by atoms with E-state index in [1.54, 1.807) is 54.6 Å². The van der Waals surface area contributed by atoms with Crippen LogP contribution in [0.4, 0.5) is 11.4 Å². The van der Waals surface area contributed by atoms with E-state index in [1.165, 1.54) is 11.3 Å². The number of nitrogens with zero attached hydrogens (tertiary/aromatic N) is 2. The maximum Gasteiger partial charge on any atom is 0.364 e. The third-order valence-electron chi connectivity index (χ3n) is 4.62. The Hall–Kier alpha value is -3.01. The Kier molecular flexibility index (Phi) is 5.42. The molecule has 9 heteroatoms. The minimum atomic E-state index is -4.49. The van der Waals surface area contributed by atoms with Crippen molar-refractivity contribution in [1.29, 1.82) is 0 Å². The average Bonchev–Trinajstić information content (AvgIpc) is 3.08. The molecule has 4 rings (SSSR count). The van der Waals surface area contributed by atoms with Gasteiger partial charge in [-0.3, -0.25) is 4.55 Å². The highest BCUT2D eigenvalue weighted by Gasteiger charge is 2.21. The molecule has 0 atom stereocenters. The van der Waals surface area contributed by atoms with Crippen LogP contribution in [-0.2, 0) is 23.1 Å². The summed E-state index contributed by atoms with van der Waals surface area (Å²) in [6.45, 7) is 1.85. The van der Waals surface area contributed by atoms with Crippen LogP contribution in [0.5, 0.6) is 0 Å². The topological polar surface area (TPSA) is 101 Å². The summed E-state index contributed by atoms with van der Waals surface area (Å²) in [6.07, 6.45) is 0.992.